The zero-order chi connectivity index (χ0) is 20.7. The summed E-state index contributed by atoms with van der Waals surface area (Å²) in [4.78, 5) is 13.9. The van der Waals surface area contributed by atoms with Crippen LogP contribution in [0.15, 0.2) is 24.3 Å². The molecule has 0 spiro atoms. The van der Waals surface area contributed by atoms with Crippen molar-refractivity contribution in [2.24, 2.45) is 11.3 Å². The van der Waals surface area contributed by atoms with Gasteiger partial charge in [0.2, 0.25) is 0 Å². The van der Waals surface area contributed by atoms with Crippen molar-refractivity contribution in [2.45, 2.75) is 52.6 Å². The number of halogens is 3. The van der Waals surface area contributed by atoms with Gasteiger partial charge in [-0.1, -0.05) is 33.3 Å². The van der Waals surface area contributed by atoms with E-state index in [1.54, 1.807) is 0 Å². The smallest absolute Gasteiger partial charge is 0.390 e. The molecule has 3 nitrogen and oxygen atoms in total. The van der Waals surface area contributed by atoms with Gasteiger partial charge >= 0.3 is 6.18 Å². The van der Waals surface area contributed by atoms with Crippen molar-refractivity contribution < 1.29 is 18.0 Å². The monoisotopic (exact) mass is 410 g/mol. The maximum absolute atomic E-state index is 12.9. The number of carbonyl (C=O) groups is 1. The van der Waals surface area contributed by atoms with Gasteiger partial charge in [-0.25, -0.2) is 0 Å². The highest BCUT2D eigenvalue weighted by Crippen LogP contribution is 2.44. The first kappa shape index (κ1) is 20.7. The average molecular weight is 411 g/mol. The van der Waals surface area contributed by atoms with Crippen molar-refractivity contribution in [2.75, 3.05) is 11.1 Å². The van der Waals surface area contributed by atoms with Crippen molar-refractivity contribution in [1.82, 2.24) is 0 Å². The molecule has 7 heteroatoms. The van der Waals surface area contributed by atoms with Crippen LogP contribution in [0.5, 0.6) is 0 Å². The molecule has 0 saturated carbocycles. The lowest BCUT2D eigenvalue weighted by Gasteiger charge is -2.36. The number of fused-ring (bicyclic) bond motifs is 1. The lowest BCUT2D eigenvalue weighted by Crippen LogP contribution is -2.29. The summed E-state index contributed by atoms with van der Waals surface area (Å²) in [6, 6.07) is 4.64. The van der Waals surface area contributed by atoms with E-state index in [0.29, 0.717) is 16.5 Å². The van der Waals surface area contributed by atoms with E-state index in [1.165, 1.54) is 23.5 Å². The summed E-state index contributed by atoms with van der Waals surface area (Å²) in [6.07, 6.45) is -0.739. The van der Waals surface area contributed by atoms with E-state index in [0.717, 1.165) is 48.3 Å². The molecular formula is C21H25F3N2OS. The van der Waals surface area contributed by atoms with Gasteiger partial charge in [0.25, 0.3) is 5.91 Å². The van der Waals surface area contributed by atoms with Crippen LogP contribution in [0.4, 0.5) is 23.9 Å². The Labute approximate surface area is 167 Å². The minimum absolute atomic E-state index is 0.111. The molecule has 1 aliphatic carbocycles. The quantitative estimate of drug-likeness (QED) is 0.636. The standard InChI is InChI=1S/C21H25F3N2OS/c1-4-20(2,3)12-8-9-15-16(11-12)28-18(25)17(15)19(27)26-14-7-5-6-13(10-14)21(22,23)24/h5-7,10,12H,4,8-9,11,25H2,1-3H3,(H,26,27). The van der Waals surface area contributed by atoms with Gasteiger partial charge < -0.3 is 11.1 Å². The van der Waals surface area contributed by atoms with E-state index in [4.69, 9.17) is 5.73 Å². The number of hydrogen-bond acceptors (Lipinski definition) is 3. The zero-order valence-electron chi connectivity index (χ0n) is 16.2. The Bertz CT molecular complexity index is 886. The third-order valence-corrected chi connectivity index (χ3v) is 7.07. The number of amides is 1. The summed E-state index contributed by atoms with van der Waals surface area (Å²) in [5.41, 5.74) is 7.05. The number of anilines is 2. The van der Waals surface area contributed by atoms with Crippen LogP contribution in [0.2, 0.25) is 0 Å². The fourth-order valence-corrected chi connectivity index (χ4v) is 4.97. The number of hydrogen-bond donors (Lipinski definition) is 2. The van der Waals surface area contributed by atoms with Crippen molar-refractivity contribution in [3.05, 3.63) is 45.8 Å². The zero-order valence-corrected chi connectivity index (χ0v) is 17.1. The van der Waals surface area contributed by atoms with E-state index in [1.807, 2.05) is 0 Å². The van der Waals surface area contributed by atoms with Crippen LogP contribution in [0.25, 0.3) is 0 Å². The highest BCUT2D eigenvalue weighted by molar-refractivity contribution is 7.16. The van der Waals surface area contributed by atoms with Gasteiger partial charge in [-0.3, -0.25) is 4.79 Å². The summed E-state index contributed by atoms with van der Waals surface area (Å²) >= 11 is 1.43. The molecular weight excluding hydrogens is 385 g/mol. The molecule has 1 amide bonds. The number of benzene rings is 1. The molecule has 0 fully saturated rings. The second-order valence-corrected chi connectivity index (χ2v) is 9.19. The van der Waals surface area contributed by atoms with Crippen LogP contribution in [0.1, 0.15) is 60.0 Å². The third kappa shape index (κ3) is 4.04. The second kappa shape index (κ2) is 7.43. The Morgan fingerprint density at radius 1 is 1.32 bits per heavy atom. The molecule has 152 valence electrons. The van der Waals surface area contributed by atoms with Gasteiger partial charge in [0.1, 0.15) is 0 Å². The van der Waals surface area contributed by atoms with Gasteiger partial charge in [0.05, 0.1) is 16.1 Å². The van der Waals surface area contributed by atoms with Crippen molar-refractivity contribution >= 4 is 27.9 Å². The summed E-state index contributed by atoms with van der Waals surface area (Å²) in [7, 11) is 0. The highest BCUT2D eigenvalue weighted by atomic mass is 32.1. The number of rotatable bonds is 4. The van der Waals surface area contributed by atoms with Gasteiger partial charge in [-0.05, 0) is 54.4 Å². The summed E-state index contributed by atoms with van der Waals surface area (Å²) in [5.74, 6) is 0.0879. The van der Waals surface area contributed by atoms with Crippen LogP contribution >= 0.6 is 11.3 Å². The van der Waals surface area contributed by atoms with Crippen molar-refractivity contribution in [3.8, 4) is 0 Å². The van der Waals surface area contributed by atoms with Gasteiger partial charge in [0, 0.05) is 10.6 Å². The van der Waals surface area contributed by atoms with Gasteiger partial charge in [0.15, 0.2) is 0 Å². The number of thiophene rings is 1. The van der Waals surface area contributed by atoms with Crippen LogP contribution in [-0.2, 0) is 19.0 Å². The Kier molecular flexibility index (Phi) is 5.49. The Morgan fingerprint density at radius 3 is 2.68 bits per heavy atom. The average Bonchev–Trinajstić information content (AvgIpc) is 2.96. The first-order chi connectivity index (χ1) is 13.0. The molecule has 28 heavy (non-hydrogen) atoms. The first-order valence-corrected chi connectivity index (χ1v) is 10.2. The number of nitrogens with two attached hydrogens (primary N) is 1. The molecule has 3 N–H and O–H groups in total. The Hall–Kier alpha value is -2.02. The third-order valence-electron chi connectivity index (χ3n) is 5.98. The van der Waals surface area contributed by atoms with E-state index in [-0.39, 0.29) is 11.1 Å². The highest BCUT2D eigenvalue weighted by Gasteiger charge is 2.35. The molecule has 1 atom stereocenters. The molecule has 0 aliphatic heterocycles. The normalized spacial score (nSPS) is 17.3. The van der Waals surface area contributed by atoms with E-state index >= 15 is 0 Å². The van der Waals surface area contributed by atoms with Gasteiger partial charge in [-0.15, -0.1) is 11.3 Å². The molecule has 1 aromatic heterocycles. The van der Waals surface area contributed by atoms with E-state index < -0.39 is 17.6 Å². The SMILES string of the molecule is CCC(C)(C)C1CCc2c(sc(N)c2C(=O)Nc2cccc(C(F)(F)F)c2)C1. The van der Waals surface area contributed by atoms with Gasteiger partial charge in [-0.2, -0.15) is 13.2 Å². The Morgan fingerprint density at radius 2 is 2.04 bits per heavy atom. The number of nitrogens with one attached hydrogen (secondary N) is 1. The maximum Gasteiger partial charge on any atom is 0.416 e. The molecule has 2 aromatic rings. The van der Waals surface area contributed by atoms with Crippen LogP contribution < -0.4 is 11.1 Å². The molecule has 1 unspecified atom stereocenters. The van der Waals surface area contributed by atoms with Crippen LogP contribution in [0, 0.1) is 11.3 Å². The largest absolute Gasteiger partial charge is 0.416 e. The molecule has 1 aliphatic rings. The molecule has 1 aromatic carbocycles. The lowest BCUT2D eigenvalue weighted by atomic mass is 9.69. The summed E-state index contributed by atoms with van der Waals surface area (Å²) < 4.78 is 38.7. The Balaban J connectivity index is 1.83. The van der Waals surface area contributed by atoms with E-state index in [9.17, 15) is 18.0 Å². The predicted octanol–water partition coefficient (Wildman–Crippen LogP) is 6.14. The fraction of sp³-hybridized carbons (Fsp3) is 0.476. The molecule has 0 radical (unpaired) electrons. The maximum atomic E-state index is 12.9. The summed E-state index contributed by atoms with van der Waals surface area (Å²) in [5, 5.41) is 3.02. The molecule has 3 rings (SSSR count). The molecule has 1 heterocycles. The van der Waals surface area contributed by atoms with Crippen molar-refractivity contribution in [1.29, 1.82) is 0 Å². The minimum Gasteiger partial charge on any atom is -0.390 e. The summed E-state index contributed by atoms with van der Waals surface area (Å²) in [6.45, 7) is 6.72. The molecule has 0 bridgehead atoms. The first-order valence-electron chi connectivity index (χ1n) is 9.41. The van der Waals surface area contributed by atoms with Crippen LogP contribution in [0.3, 0.4) is 0 Å². The number of nitrogen functional groups attached to an aromatic ring is 1. The fourth-order valence-electron chi connectivity index (χ4n) is 3.78. The van der Waals surface area contributed by atoms with E-state index in [2.05, 4.69) is 26.1 Å². The minimum atomic E-state index is -4.46. The second-order valence-electron chi connectivity index (χ2n) is 8.06. The number of alkyl halides is 3. The van der Waals surface area contributed by atoms with Crippen molar-refractivity contribution in [3.63, 3.8) is 0 Å². The number of carbonyl (C=O) groups excluding carboxylic acids is 1. The predicted molar refractivity (Wildman–Crippen MR) is 108 cm³/mol. The molecule has 0 saturated heterocycles. The lowest BCUT2D eigenvalue weighted by molar-refractivity contribution is -0.137. The van der Waals surface area contributed by atoms with Crippen LogP contribution in [-0.4, -0.2) is 5.91 Å². The topological polar surface area (TPSA) is 55.1 Å².